The van der Waals surface area contributed by atoms with E-state index < -0.39 is 0 Å². The molecule has 0 radical (unpaired) electrons. The molecule has 0 saturated carbocycles. The maximum atomic E-state index is 12.4. The van der Waals surface area contributed by atoms with Crippen molar-refractivity contribution >= 4 is 17.3 Å². The Morgan fingerprint density at radius 1 is 1.23 bits per heavy atom. The highest BCUT2D eigenvalue weighted by Crippen LogP contribution is 2.27. The fourth-order valence-electron chi connectivity index (χ4n) is 3.11. The molecule has 2 aromatic rings. The maximum Gasteiger partial charge on any atom is 0.252 e. The van der Waals surface area contributed by atoms with Crippen LogP contribution in [-0.2, 0) is 0 Å². The van der Waals surface area contributed by atoms with Gasteiger partial charge < -0.3 is 15.4 Å². The first-order valence-corrected chi connectivity index (χ1v) is 9.07. The van der Waals surface area contributed by atoms with Gasteiger partial charge in [-0.15, -0.1) is 0 Å². The molecule has 0 bridgehead atoms. The molecule has 1 aromatic heterocycles. The van der Waals surface area contributed by atoms with Crippen molar-refractivity contribution in [3.8, 4) is 5.75 Å². The molecule has 26 heavy (non-hydrogen) atoms. The van der Waals surface area contributed by atoms with Crippen molar-refractivity contribution in [3.63, 3.8) is 0 Å². The van der Waals surface area contributed by atoms with Gasteiger partial charge in [-0.25, -0.2) is 0 Å². The van der Waals surface area contributed by atoms with Gasteiger partial charge in [-0.2, -0.15) is 0 Å². The summed E-state index contributed by atoms with van der Waals surface area (Å²) in [7, 11) is 1.63. The van der Waals surface area contributed by atoms with Crippen LogP contribution in [-0.4, -0.2) is 24.5 Å². The zero-order valence-electron chi connectivity index (χ0n) is 15.1. The fourth-order valence-corrected chi connectivity index (χ4v) is 3.11. The van der Waals surface area contributed by atoms with E-state index in [0.29, 0.717) is 12.1 Å². The van der Waals surface area contributed by atoms with Crippen molar-refractivity contribution in [1.82, 2.24) is 10.3 Å². The molecule has 136 valence electrons. The Morgan fingerprint density at radius 2 is 2.12 bits per heavy atom. The zero-order valence-corrected chi connectivity index (χ0v) is 15.1. The number of nitrogens with zero attached hydrogens (tertiary/aromatic N) is 1. The Morgan fingerprint density at radius 3 is 2.92 bits per heavy atom. The molecule has 5 heteroatoms. The molecule has 0 atom stereocenters. The minimum absolute atomic E-state index is 0.0995. The molecule has 0 spiro atoms. The van der Waals surface area contributed by atoms with E-state index in [-0.39, 0.29) is 5.91 Å². The molecule has 0 fully saturated rings. The van der Waals surface area contributed by atoms with Crippen LogP contribution in [0.25, 0.3) is 0 Å². The average molecular weight is 351 g/mol. The van der Waals surface area contributed by atoms with Gasteiger partial charge in [0, 0.05) is 12.7 Å². The normalized spacial score (nSPS) is 13.7. The summed E-state index contributed by atoms with van der Waals surface area (Å²) in [6.07, 6.45) is 11.4. The fraction of sp³-hybridized carbons (Fsp3) is 0.333. The predicted molar refractivity (Wildman–Crippen MR) is 104 cm³/mol. The quantitative estimate of drug-likeness (QED) is 0.723. The van der Waals surface area contributed by atoms with Crippen LogP contribution in [0, 0.1) is 0 Å². The maximum absolute atomic E-state index is 12.4. The van der Waals surface area contributed by atoms with Crippen LogP contribution in [0.5, 0.6) is 5.75 Å². The number of hydrogen-bond donors (Lipinski definition) is 2. The second-order valence-corrected chi connectivity index (χ2v) is 6.40. The minimum atomic E-state index is -0.0995. The number of hydrogen-bond acceptors (Lipinski definition) is 4. The van der Waals surface area contributed by atoms with Gasteiger partial charge in [-0.1, -0.05) is 23.8 Å². The van der Waals surface area contributed by atoms with E-state index in [1.807, 2.05) is 24.3 Å². The third-order valence-corrected chi connectivity index (χ3v) is 4.50. The molecule has 2 N–H and O–H groups in total. The minimum Gasteiger partial charge on any atom is -0.495 e. The van der Waals surface area contributed by atoms with Crippen molar-refractivity contribution in [2.75, 3.05) is 19.0 Å². The van der Waals surface area contributed by atoms with Gasteiger partial charge in [0.2, 0.25) is 0 Å². The average Bonchev–Trinajstić information content (AvgIpc) is 2.69. The van der Waals surface area contributed by atoms with Gasteiger partial charge in [-0.3, -0.25) is 9.78 Å². The van der Waals surface area contributed by atoms with E-state index in [9.17, 15) is 4.79 Å². The Labute approximate surface area is 154 Å². The number of allylic oxidation sites excluding steroid dienone is 1. The lowest BCUT2D eigenvalue weighted by Gasteiger charge is -2.13. The number of carbonyl (C=O) groups is 1. The number of nitrogens with one attached hydrogen (secondary N) is 2. The second kappa shape index (κ2) is 9.04. The first-order chi connectivity index (χ1) is 12.8. The predicted octanol–water partition coefficient (Wildman–Crippen LogP) is 4.45. The Bertz CT molecular complexity index is 786. The molecule has 1 aliphatic rings. The molecular formula is C21H25N3O2. The lowest BCUT2D eigenvalue weighted by atomic mass is 9.97. The zero-order chi connectivity index (χ0) is 18.2. The Kier molecular flexibility index (Phi) is 6.25. The number of pyridine rings is 1. The molecule has 1 heterocycles. The van der Waals surface area contributed by atoms with Gasteiger partial charge in [0.25, 0.3) is 5.91 Å². The van der Waals surface area contributed by atoms with Crippen LogP contribution >= 0.6 is 0 Å². The molecule has 1 aromatic carbocycles. The molecule has 1 amide bonds. The van der Waals surface area contributed by atoms with E-state index in [1.165, 1.54) is 24.8 Å². The van der Waals surface area contributed by atoms with Crippen LogP contribution in [0.15, 0.2) is 54.4 Å². The highest BCUT2D eigenvalue weighted by molar-refractivity contribution is 5.94. The van der Waals surface area contributed by atoms with Gasteiger partial charge in [0.1, 0.15) is 5.75 Å². The van der Waals surface area contributed by atoms with Crippen molar-refractivity contribution in [3.05, 3.63) is 59.9 Å². The Hall–Kier alpha value is -2.82. The molecule has 0 saturated heterocycles. The first kappa shape index (κ1) is 18.0. The number of methoxy groups -OCH3 is 1. The summed E-state index contributed by atoms with van der Waals surface area (Å²) in [5.41, 5.74) is 3.58. The van der Waals surface area contributed by atoms with Crippen LogP contribution in [0.3, 0.4) is 0 Å². The number of aromatic nitrogens is 1. The van der Waals surface area contributed by atoms with Crippen LogP contribution < -0.4 is 15.4 Å². The third-order valence-electron chi connectivity index (χ3n) is 4.50. The summed E-state index contributed by atoms with van der Waals surface area (Å²) in [5, 5.41) is 6.24. The number of amides is 1. The number of benzene rings is 1. The number of ether oxygens (including phenoxy) is 1. The van der Waals surface area contributed by atoms with Gasteiger partial charge in [0.15, 0.2) is 0 Å². The van der Waals surface area contributed by atoms with Gasteiger partial charge in [0.05, 0.1) is 30.2 Å². The van der Waals surface area contributed by atoms with E-state index in [2.05, 4.69) is 21.7 Å². The third kappa shape index (κ3) is 4.85. The van der Waals surface area contributed by atoms with Crippen LogP contribution in [0.2, 0.25) is 0 Å². The van der Waals surface area contributed by atoms with E-state index in [0.717, 1.165) is 30.0 Å². The standard InChI is InChI=1S/C21H25N3O2/c1-26-20-10-6-5-9-19(20)24-18-13-17(14-22-15-18)21(25)23-12-11-16-7-3-2-4-8-16/h5-7,9-10,13-15,24H,2-4,8,11-12H2,1H3,(H,23,25). The molecule has 0 unspecified atom stereocenters. The molecule has 5 nitrogen and oxygen atoms in total. The van der Waals surface area contributed by atoms with Crippen LogP contribution in [0.4, 0.5) is 11.4 Å². The lowest BCUT2D eigenvalue weighted by Crippen LogP contribution is -2.25. The van der Waals surface area contributed by atoms with E-state index in [1.54, 1.807) is 25.6 Å². The lowest BCUT2D eigenvalue weighted by molar-refractivity contribution is 0.0953. The van der Waals surface area contributed by atoms with Crippen LogP contribution in [0.1, 0.15) is 42.5 Å². The number of anilines is 2. The Balaban J connectivity index is 1.59. The SMILES string of the molecule is COc1ccccc1Nc1cncc(C(=O)NCCC2=CCCCC2)c1. The van der Waals surface area contributed by atoms with Crippen molar-refractivity contribution in [1.29, 1.82) is 0 Å². The summed E-state index contributed by atoms with van der Waals surface area (Å²) in [6, 6.07) is 9.44. The number of carbonyl (C=O) groups excluding carboxylic acids is 1. The van der Waals surface area contributed by atoms with Crippen molar-refractivity contribution in [2.45, 2.75) is 32.1 Å². The second-order valence-electron chi connectivity index (χ2n) is 6.40. The summed E-state index contributed by atoms with van der Waals surface area (Å²) in [4.78, 5) is 16.6. The summed E-state index contributed by atoms with van der Waals surface area (Å²) in [5.74, 6) is 0.640. The van der Waals surface area contributed by atoms with Crippen molar-refractivity contribution in [2.24, 2.45) is 0 Å². The van der Waals surface area contributed by atoms with E-state index in [4.69, 9.17) is 4.74 Å². The van der Waals surface area contributed by atoms with E-state index >= 15 is 0 Å². The summed E-state index contributed by atoms with van der Waals surface area (Å²) >= 11 is 0. The monoisotopic (exact) mass is 351 g/mol. The van der Waals surface area contributed by atoms with Gasteiger partial charge >= 0.3 is 0 Å². The molecule has 1 aliphatic carbocycles. The number of rotatable bonds is 7. The summed E-state index contributed by atoms with van der Waals surface area (Å²) in [6.45, 7) is 0.662. The summed E-state index contributed by atoms with van der Waals surface area (Å²) < 4.78 is 5.34. The highest BCUT2D eigenvalue weighted by atomic mass is 16.5. The van der Waals surface area contributed by atoms with Crippen molar-refractivity contribution < 1.29 is 9.53 Å². The number of para-hydroxylation sites is 2. The molecule has 3 rings (SSSR count). The van der Waals surface area contributed by atoms with Gasteiger partial charge in [-0.05, 0) is 50.3 Å². The smallest absolute Gasteiger partial charge is 0.252 e. The molecule has 0 aliphatic heterocycles. The largest absolute Gasteiger partial charge is 0.495 e. The first-order valence-electron chi connectivity index (χ1n) is 9.07. The topological polar surface area (TPSA) is 63.2 Å². The molecular weight excluding hydrogens is 326 g/mol. The highest BCUT2D eigenvalue weighted by Gasteiger charge is 2.09.